The van der Waals surface area contributed by atoms with Gasteiger partial charge in [-0.15, -0.1) is 0 Å². The number of hydrogen-bond acceptors (Lipinski definition) is 7. The number of nitrogens with zero attached hydrogens (tertiary/aromatic N) is 2. The number of alkyl halides is 2. The van der Waals surface area contributed by atoms with Crippen LogP contribution in [0.15, 0.2) is 65.6 Å². The first kappa shape index (κ1) is 26.4. The lowest BCUT2D eigenvalue weighted by Gasteiger charge is -2.19. The van der Waals surface area contributed by atoms with Gasteiger partial charge in [-0.1, -0.05) is 18.2 Å². The van der Waals surface area contributed by atoms with Crippen LogP contribution in [0, 0.1) is 0 Å². The number of carbonyl (C=O) groups excluding carboxylic acids is 1. The summed E-state index contributed by atoms with van der Waals surface area (Å²) in [5.74, 6) is 0.623. The maximum absolute atomic E-state index is 13.6. The maximum Gasteiger partial charge on any atom is 0.319 e. The molecule has 2 aromatic carbocycles. The molecular formula is C25H27F2N5O4S. The minimum Gasteiger partial charge on any atom is -0.394 e. The van der Waals surface area contributed by atoms with Crippen molar-refractivity contribution in [1.29, 1.82) is 0 Å². The van der Waals surface area contributed by atoms with Gasteiger partial charge in [-0.05, 0) is 56.2 Å². The van der Waals surface area contributed by atoms with Crippen LogP contribution in [0.2, 0.25) is 0 Å². The summed E-state index contributed by atoms with van der Waals surface area (Å²) in [5.41, 5.74) is 1.26. The third kappa shape index (κ3) is 5.86. The Bertz CT molecular complexity index is 1350. The molecule has 37 heavy (non-hydrogen) atoms. The van der Waals surface area contributed by atoms with Crippen LogP contribution in [0.3, 0.4) is 0 Å². The Morgan fingerprint density at radius 1 is 1.08 bits per heavy atom. The molecule has 0 unspecified atom stereocenters. The Kier molecular flexibility index (Phi) is 7.69. The van der Waals surface area contributed by atoms with Crippen molar-refractivity contribution in [1.82, 2.24) is 15.3 Å². The van der Waals surface area contributed by atoms with Gasteiger partial charge in [-0.3, -0.25) is 0 Å². The number of halogens is 2. The smallest absolute Gasteiger partial charge is 0.319 e. The Morgan fingerprint density at radius 2 is 1.76 bits per heavy atom. The van der Waals surface area contributed by atoms with Crippen LogP contribution in [0.1, 0.15) is 25.5 Å². The average molecular weight is 532 g/mol. The second-order valence-corrected chi connectivity index (χ2v) is 11.1. The molecule has 3 aromatic rings. The second kappa shape index (κ2) is 10.8. The van der Waals surface area contributed by atoms with Crippen molar-refractivity contribution >= 4 is 27.4 Å². The van der Waals surface area contributed by atoms with E-state index in [-0.39, 0.29) is 23.4 Å². The zero-order valence-electron chi connectivity index (χ0n) is 20.0. The van der Waals surface area contributed by atoms with Crippen molar-refractivity contribution in [3.05, 3.63) is 66.4 Å². The van der Waals surface area contributed by atoms with Crippen LogP contribution >= 0.6 is 0 Å². The fraction of sp³-hybridized carbons (Fsp3) is 0.320. The molecule has 1 aromatic heterocycles. The van der Waals surface area contributed by atoms with Crippen LogP contribution in [-0.2, 0) is 14.6 Å². The largest absolute Gasteiger partial charge is 0.394 e. The number of aromatic nitrogens is 2. The molecule has 4 N–H and O–H groups in total. The normalized spacial score (nSPS) is 15.2. The number of amides is 2. The van der Waals surface area contributed by atoms with Gasteiger partial charge >= 0.3 is 6.03 Å². The van der Waals surface area contributed by atoms with Gasteiger partial charge in [0.15, 0.2) is 15.7 Å². The predicted molar refractivity (Wildman–Crippen MR) is 135 cm³/mol. The fourth-order valence-corrected chi connectivity index (χ4v) is 5.82. The van der Waals surface area contributed by atoms with Gasteiger partial charge in [0, 0.05) is 23.4 Å². The van der Waals surface area contributed by atoms with Crippen LogP contribution in [0.25, 0.3) is 11.4 Å². The summed E-state index contributed by atoms with van der Waals surface area (Å²) < 4.78 is 50.6. The van der Waals surface area contributed by atoms with E-state index in [4.69, 9.17) is 0 Å². The minimum absolute atomic E-state index is 0.157. The molecular weight excluding hydrogens is 504 g/mol. The fourth-order valence-electron chi connectivity index (χ4n) is 3.83. The third-order valence-corrected chi connectivity index (χ3v) is 8.49. The quantitative estimate of drug-likeness (QED) is 0.313. The van der Waals surface area contributed by atoms with E-state index in [9.17, 15) is 27.1 Å². The number of benzene rings is 2. The summed E-state index contributed by atoms with van der Waals surface area (Å²) in [4.78, 5) is 21.1. The molecule has 9 nitrogen and oxygen atoms in total. The molecule has 0 bridgehead atoms. The highest BCUT2D eigenvalue weighted by Crippen LogP contribution is 2.55. The molecule has 12 heteroatoms. The minimum atomic E-state index is -3.74. The highest BCUT2D eigenvalue weighted by Gasteiger charge is 2.57. The Labute approximate surface area is 213 Å². The lowest BCUT2D eigenvalue weighted by atomic mass is 10.1. The van der Waals surface area contributed by atoms with E-state index in [0.717, 1.165) is 0 Å². The summed E-state index contributed by atoms with van der Waals surface area (Å²) in [6, 6.07) is 15.1. The molecule has 0 spiro atoms. The number of sulfone groups is 1. The molecule has 1 aliphatic rings. The Balaban J connectivity index is 1.67. The first-order chi connectivity index (χ1) is 17.6. The third-order valence-electron chi connectivity index (χ3n) is 5.95. The molecule has 196 valence electrons. The molecule has 1 saturated carbocycles. The van der Waals surface area contributed by atoms with Gasteiger partial charge in [0.2, 0.25) is 0 Å². The SMILES string of the molecule is C[C@@H](CO)Nc1cc(C2(S(=O)(=O)c3ccccc3)CC2)nc(-c2ccc(NC(=O)NCC(F)F)cc2)n1. The van der Waals surface area contributed by atoms with E-state index in [1.807, 2.05) is 0 Å². The van der Waals surface area contributed by atoms with E-state index in [1.165, 1.54) is 0 Å². The molecule has 0 aliphatic heterocycles. The zero-order valence-corrected chi connectivity index (χ0v) is 20.8. The lowest BCUT2D eigenvalue weighted by molar-refractivity contribution is 0.148. The topological polar surface area (TPSA) is 133 Å². The van der Waals surface area contributed by atoms with Gasteiger partial charge in [-0.2, -0.15) is 0 Å². The number of hydrogen-bond donors (Lipinski definition) is 4. The number of urea groups is 1. The summed E-state index contributed by atoms with van der Waals surface area (Å²) >= 11 is 0. The van der Waals surface area contributed by atoms with Gasteiger partial charge in [0.05, 0.1) is 23.7 Å². The van der Waals surface area contributed by atoms with Crippen LogP contribution in [0.4, 0.5) is 25.1 Å². The van der Waals surface area contributed by atoms with E-state index in [1.54, 1.807) is 67.6 Å². The van der Waals surface area contributed by atoms with Crippen molar-refractivity contribution in [2.24, 2.45) is 0 Å². The number of aliphatic hydroxyl groups is 1. The first-order valence-corrected chi connectivity index (χ1v) is 13.1. The van der Waals surface area contributed by atoms with E-state index >= 15 is 0 Å². The van der Waals surface area contributed by atoms with Gasteiger partial charge in [0.25, 0.3) is 6.43 Å². The number of carbonyl (C=O) groups is 1. The van der Waals surface area contributed by atoms with Gasteiger partial charge < -0.3 is 21.1 Å². The van der Waals surface area contributed by atoms with Gasteiger partial charge in [0.1, 0.15) is 10.6 Å². The molecule has 0 saturated heterocycles. The standard InChI is InChI=1S/C25H27F2N5O4S/c1-16(15-33)29-22-13-20(25(11-12-25)37(35,36)19-5-3-2-4-6-19)31-23(32-22)17-7-9-18(10-8-17)30-24(34)28-14-21(26)27/h2-10,13,16,21,33H,11-12,14-15H2,1H3,(H2,28,30,34)(H,29,31,32)/t16-/m0/s1. The van der Waals surface area contributed by atoms with E-state index in [0.29, 0.717) is 35.6 Å². The van der Waals surface area contributed by atoms with Crippen molar-refractivity contribution in [2.75, 3.05) is 23.8 Å². The van der Waals surface area contributed by atoms with Crippen molar-refractivity contribution in [2.45, 2.75) is 41.9 Å². The summed E-state index contributed by atoms with van der Waals surface area (Å²) in [5, 5.41) is 17.1. The first-order valence-electron chi connectivity index (χ1n) is 11.6. The Hall–Kier alpha value is -3.64. The number of anilines is 2. The van der Waals surface area contributed by atoms with Crippen LogP contribution < -0.4 is 16.0 Å². The second-order valence-electron chi connectivity index (χ2n) is 8.80. The maximum atomic E-state index is 13.6. The van der Waals surface area contributed by atoms with Crippen LogP contribution in [-0.4, -0.2) is 55.1 Å². The van der Waals surface area contributed by atoms with E-state index < -0.39 is 33.6 Å². The Morgan fingerprint density at radius 3 is 2.35 bits per heavy atom. The van der Waals surface area contributed by atoms with E-state index in [2.05, 4.69) is 25.9 Å². The summed E-state index contributed by atoms with van der Waals surface area (Å²) in [7, 11) is -3.74. The molecule has 2 amide bonds. The molecule has 1 fully saturated rings. The monoisotopic (exact) mass is 531 g/mol. The summed E-state index contributed by atoms with van der Waals surface area (Å²) in [6.07, 6.45) is -1.84. The lowest BCUT2D eigenvalue weighted by Crippen LogP contribution is -2.32. The van der Waals surface area contributed by atoms with Crippen LogP contribution in [0.5, 0.6) is 0 Å². The van der Waals surface area contributed by atoms with Crippen molar-refractivity contribution in [3.63, 3.8) is 0 Å². The average Bonchev–Trinajstić information content (AvgIpc) is 3.71. The molecule has 0 radical (unpaired) electrons. The predicted octanol–water partition coefficient (Wildman–Crippen LogP) is 3.79. The molecule has 4 rings (SSSR count). The molecule has 1 aliphatic carbocycles. The van der Waals surface area contributed by atoms with Gasteiger partial charge in [-0.25, -0.2) is 32.0 Å². The van der Waals surface area contributed by atoms with Crippen molar-refractivity contribution in [3.8, 4) is 11.4 Å². The summed E-state index contributed by atoms with van der Waals surface area (Å²) in [6.45, 7) is 0.838. The number of aliphatic hydroxyl groups excluding tert-OH is 1. The molecule has 1 heterocycles. The zero-order chi connectivity index (χ0) is 26.6. The molecule has 1 atom stereocenters. The number of nitrogens with one attached hydrogen (secondary N) is 3. The highest BCUT2D eigenvalue weighted by atomic mass is 32.2. The van der Waals surface area contributed by atoms with Crippen molar-refractivity contribution < 1.29 is 27.1 Å². The highest BCUT2D eigenvalue weighted by molar-refractivity contribution is 7.92. The number of rotatable bonds is 10.